The molecule has 0 spiro atoms. The van der Waals surface area contributed by atoms with Gasteiger partial charge >= 0.3 is 0 Å². The second-order valence-corrected chi connectivity index (χ2v) is 2.84. The molecule has 1 heterocycles. The Labute approximate surface area is 60.9 Å². The molecule has 0 radical (unpaired) electrons. The molecule has 3 nitrogen and oxygen atoms in total. The van der Waals surface area contributed by atoms with Crippen molar-refractivity contribution in [1.29, 1.82) is 5.26 Å². The summed E-state index contributed by atoms with van der Waals surface area (Å²) < 4.78 is 0. The molecule has 10 heavy (non-hydrogen) atoms. The van der Waals surface area contributed by atoms with Crippen molar-refractivity contribution in [3.8, 4) is 6.19 Å². The first-order chi connectivity index (χ1) is 4.74. The molecule has 1 fully saturated rings. The summed E-state index contributed by atoms with van der Waals surface area (Å²) in [7, 11) is 0. The Balaban J connectivity index is 2.37. The molecule has 2 unspecified atom stereocenters. The van der Waals surface area contributed by atoms with Crippen molar-refractivity contribution in [3.63, 3.8) is 0 Å². The van der Waals surface area contributed by atoms with Crippen LogP contribution in [0.4, 0.5) is 0 Å². The van der Waals surface area contributed by atoms with Crippen molar-refractivity contribution in [3.05, 3.63) is 0 Å². The fourth-order valence-corrected chi connectivity index (χ4v) is 1.27. The van der Waals surface area contributed by atoms with E-state index in [9.17, 15) is 0 Å². The highest BCUT2D eigenvalue weighted by Gasteiger charge is 2.24. The van der Waals surface area contributed by atoms with Gasteiger partial charge in [-0.05, 0) is 13.3 Å². The lowest BCUT2D eigenvalue weighted by molar-refractivity contribution is 0.131. The van der Waals surface area contributed by atoms with E-state index in [1.165, 1.54) is 0 Å². The average Bonchev–Trinajstić information content (AvgIpc) is 2.34. The summed E-state index contributed by atoms with van der Waals surface area (Å²) in [5.41, 5.74) is 0. The van der Waals surface area contributed by atoms with E-state index >= 15 is 0 Å². The Morgan fingerprint density at radius 3 is 2.80 bits per heavy atom. The molecule has 0 aromatic heterocycles. The minimum Gasteiger partial charge on any atom is -0.393 e. The van der Waals surface area contributed by atoms with Gasteiger partial charge in [-0.25, -0.2) is 0 Å². The molecule has 1 aliphatic heterocycles. The number of aliphatic hydroxyl groups is 1. The van der Waals surface area contributed by atoms with E-state index in [1.54, 1.807) is 11.8 Å². The Hall–Kier alpha value is -0.750. The average molecular weight is 140 g/mol. The van der Waals surface area contributed by atoms with E-state index in [-0.39, 0.29) is 6.10 Å². The summed E-state index contributed by atoms with van der Waals surface area (Å²) in [4.78, 5) is 1.69. The van der Waals surface area contributed by atoms with Crippen molar-refractivity contribution in [1.82, 2.24) is 4.90 Å². The SMILES string of the molecule is CC(O)C1CCN(C#N)C1. The third-order valence-electron chi connectivity index (χ3n) is 2.05. The van der Waals surface area contributed by atoms with E-state index < -0.39 is 0 Å². The quantitative estimate of drug-likeness (QED) is 0.528. The van der Waals surface area contributed by atoms with Gasteiger partial charge in [0, 0.05) is 19.0 Å². The summed E-state index contributed by atoms with van der Waals surface area (Å²) in [6.45, 7) is 3.33. The zero-order valence-electron chi connectivity index (χ0n) is 6.12. The lowest BCUT2D eigenvalue weighted by Crippen LogP contribution is -2.20. The van der Waals surface area contributed by atoms with Gasteiger partial charge < -0.3 is 10.0 Å². The van der Waals surface area contributed by atoms with E-state index in [1.807, 2.05) is 0 Å². The fraction of sp³-hybridized carbons (Fsp3) is 0.857. The second kappa shape index (κ2) is 2.89. The minimum atomic E-state index is -0.265. The number of hydrogen-bond acceptors (Lipinski definition) is 3. The van der Waals surface area contributed by atoms with Gasteiger partial charge in [0.1, 0.15) is 0 Å². The van der Waals surface area contributed by atoms with Crippen molar-refractivity contribution < 1.29 is 5.11 Å². The molecule has 0 amide bonds. The number of likely N-dealkylation sites (tertiary alicyclic amines) is 1. The molecule has 0 bridgehead atoms. The monoisotopic (exact) mass is 140 g/mol. The van der Waals surface area contributed by atoms with Crippen LogP contribution in [0.2, 0.25) is 0 Å². The number of nitriles is 1. The molecule has 1 saturated heterocycles. The van der Waals surface area contributed by atoms with Crippen molar-refractivity contribution in [2.45, 2.75) is 19.4 Å². The Kier molecular flexibility index (Phi) is 2.13. The zero-order chi connectivity index (χ0) is 7.56. The first kappa shape index (κ1) is 7.36. The topological polar surface area (TPSA) is 47.3 Å². The Morgan fingerprint density at radius 1 is 1.80 bits per heavy atom. The standard InChI is InChI=1S/C7H12N2O/c1-6(10)7-2-3-9(4-7)5-8/h6-7,10H,2-4H2,1H3. The van der Waals surface area contributed by atoms with Crippen LogP contribution in [0.25, 0.3) is 0 Å². The summed E-state index contributed by atoms with van der Waals surface area (Å²) >= 11 is 0. The Morgan fingerprint density at radius 2 is 2.50 bits per heavy atom. The molecule has 0 aliphatic carbocycles. The van der Waals surface area contributed by atoms with Crippen LogP contribution in [0.5, 0.6) is 0 Å². The molecule has 3 heteroatoms. The van der Waals surface area contributed by atoms with Gasteiger partial charge in [0.15, 0.2) is 6.19 Å². The number of nitrogens with zero attached hydrogens (tertiary/aromatic N) is 2. The highest BCUT2D eigenvalue weighted by molar-refractivity contribution is 4.85. The molecular formula is C7H12N2O. The summed E-state index contributed by atoms with van der Waals surface area (Å²) in [5, 5.41) is 17.6. The molecule has 2 atom stereocenters. The predicted octanol–water partition coefficient (Wildman–Crippen LogP) is 0.170. The molecule has 0 saturated carbocycles. The lowest BCUT2D eigenvalue weighted by Gasteiger charge is -2.11. The number of aliphatic hydroxyl groups excluding tert-OH is 1. The lowest BCUT2D eigenvalue weighted by atomic mass is 10.0. The zero-order valence-corrected chi connectivity index (χ0v) is 6.12. The van der Waals surface area contributed by atoms with Crippen LogP contribution in [-0.2, 0) is 0 Å². The third kappa shape index (κ3) is 1.39. The van der Waals surface area contributed by atoms with Crippen LogP contribution in [-0.4, -0.2) is 29.2 Å². The molecule has 1 rings (SSSR count). The summed E-state index contributed by atoms with van der Waals surface area (Å²) in [5.74, 6) is 0.305. The van der Waals surface area contributed by atoms with Gasteiger partial charge in [0.25, 0.3) is 0 Å². The molecular weight excluding hydrogens is 128 g/mol. The van der Waals surface area contributed by atoms with E-state index in [0.717, 1.165) is 19.5 Å². The highest BCUT2D eigenvalue weighted by Crippen LogP contribution is 2.18. The summed E-state index contributed by atoms with van der Waals surface area (Å²) in [6, 6.07) is 0. The van der Waals surface area contributed by atoms with Gasteiger partial charge in [0.2, 0.25) is 0 Å². The van der Waals surface area contributed by atoms with Gasteiger partial charge in [-0.1, -0.05) is 0 Å². The number of rotatable bonds is 1. The van der Waals surface area contributed by atoms with Crippen LogP contribution in [0, 0.1) is 17.4 Å². The molecule has 0 aromatic carbocycles. The maximum Gasteiger partial charge on any atom is 0.179 e. The molecule has 56 valence electrons. The first-order valence-corrected chi connectivity index (χ1v) is 3.57. The van der Waals surface area contributed by atoms with E-state index in [4.69, 9.17) is 10.4 Å². The van der Waals surface area contributed by atoms with Gasteiger partial charge in [-0.3, -0.25) is 0 Å². The van der Waals surface area contributed by atoms with Crippen LogP contribution in [0.15, 0.2) is 0 Å². The number of hydrogen-bond donors (Lipinski definition) is 1. The van der Waals surface area contributed by atoms with E-state index in [0.29, 0.717) is 5.92 Å². The van der Waals surface area contributed by atoms with Crippen molar-refractivity contribution in [2.75, 3.05) is 13.1 Å². The van der Waals surface area contributed by atoms with Gasteiger partial charge in [-0.2, -0.15) is 5.26 Å². The highest BCUT2D eigenvalue weighted by atomic mass is 16.3. The Bertz CT molecular complexity index is 150. The second-order valence-electron chi connectivity index (χ2n) is 2.84. The first-order valence-electron chi connectivity index (χ1n) is 3.57. The molecule has 1 aliphatic rings. The smallest absolute Gasteiger partial charge is 0.179 e. The molecule has 1 N–H and O–H groups in total. The largest absolute Gasteiger partial charge is 0.393 e. The van der Waals surface area contributed by atoms with Crippen LogP contribution < -0.4 is 0 Å². The molecule has 0 aromatic rings. The van der Waals surface area contributed by atoms with Crippen LogP contribution in [0.1, 0.15) is 13.3 Å². The maximum absolute atomic E-state index is 9.13. The van der Waals surface area contributed by atoms with Gasteiger partial charge in [-0.15, -0.1) is 0 Å². The maximum atomic E-state index is 9.13. The van der Waals surface area contributed by atoms with Crippen LogP contribution in [0.3, 0.4) is 0 Å². The van der Waals surface area contributed by atoms with Gasteiger partial charge in [0.05, 0.1) is 6.10 Å². The predicted molar refractivity (Wildman–Crippen MR) is 37.0 cm³/mol. The van der Waals surface area contributed by atoms with Crippen molar-refractivity contribution in [2.24, 2.45) is 5.92 Å². The normalized spacial score (nSPS) is 28.1. The van der Waals surface area contributed by atoms with Crippen molar-refractivity contribution >= 4 is 0 Å². The van der Waals surface area contributed by atoms with Crippen LogP contribution >= 0.6 is 0 Å². The fourth-order valence-electron chi connectivity index (χ4n) is 1.27. The third-order valence-corrected chi connectivity index (χ3v) is 2.05. The minimum absolute atomic E-state index is 0.265. The van der Waals surface area contributed by atoms with E-state index in [2.05, 4.69) is 6.19 Å². The summed E-state index contributed by atoms with van der Waals surface area (Å²) in [6.07, 6.45) is 2.76.